The zero-order valence-corrected chi connectivity index (χ0v) is 18.7. The van der Waals surface area contributed by atoms with Gasteiger partial charge in [0, 0.05) is 27.8 Å². The van der Waals surface area contributed by atoms with Crippen LogP contribution in [0.2, 0.25) is 0 Å². The lowest BCUT2D eigenvalue weighted by Gasteiger charge is -2.38. The molecule has 160 valence electrons. The standard InChI is InChI=1S/C23H27NO5S/c1-6-29-23(27)18-13(3)24-16-11-12(2)17(22(26)28-4)21(25)20(16)19(18)14-7-9-15(30-5)10-8-14/h7-10,12,17,19,24H,6,11H2,1-5H3/t12-,17-,19-/m1/s1. The Morgan fingerprint density at radius 3 is 2.47 bits per heavy atom. The minimum absolute atomic E-state index is 0.201. The van der Waals surface area contributed by atoms with Crippen LogP contribution >= 0.6 is 11.8 Å². The number of esters is 2. The molecule has 3 rings (SSSR count). The number of Topliss-reactive ketones (excluding diaryl/α,β-unsaturated/α-hetero) is 1. The van der Waals surface area contributed by atoms with Crippen molar-refractivity contribution < 1.29 is 23.9 Å². The summed E-state index contributed by atoms with van der Waals surface area (Å²) in [7, 11) is 1.29. The molecule has 1 N–H and O–H groups in total. The SMILES string of the molecule is CCOC(=O)C1=C(C)NC2=C(C(=O)[C@H](C(=O)OC)[C@H](C)C2)[C@@H]1c1ccc(SC)cc1. The smallest absolute Gasteiger partial charge is 0.336 e. The number of methoxy groups -OCH3 is 1. The van der Waals surface area contributed by atoms with Gasteiger partial charge in [-0.1, -0.05) is 19.1 Å². The number of ether oxygens (including phenoxy) is 2. The molecule has 7 heteroatoms. The molecule has 3 atom stereocenters. The number of allylic oxidation sites excluding steroid dienone is 3. The van der Waals surface area contributed by atoms with Crippen molar-refractivity contribution in [2.24, 2.45) is 11.8 Å². The van der Waals surface area contributed by atoms with Crippen LogP contribution in [0.25, 0.3) is 0 Å². The van der Waals surface area contributed by atoms with E-state index in [1.807, 2.05) is 44.4 Å². The van der Waals surface area contributed by atoms with Gasteiger partial charge in [0.05, 0.1) is 19.3 Å². The molecule has 0 saturated carbocycles. The summed E-state index contributed by atoms with van der Waals surface area (Å²) < 4.78 is 10.2. The van der Waals surface area contributed by atoms with E-state index in [9.17, 15) is 14.4 Å². The fourth-order valence-electron chi connectivity index (χ4n) is 4.29. The Morgan fingerprint density at radius 2 is 1.90 bits per heavy atom. The fourth-order valence-corrected chi connectivity index (χ4v) is 4.70. The lowest BCUT2D eigenvalue weighted by Crippen LogP contribution is -2.43. The number of hydrogen-bond donors (Lipinski definition) is 1. The second kappa shape index (κ2) is 9.08. The van der Waals surface area contributed by atoms with E-state index in [-0.39, 0.29) is 18.3 Å². The van der Waals surface area contributed by atoms with Gasteiger partial charge in [0.2, 0.25) is 0 Å². The van der Waals surface area contributed by atoms with Gasteiger partial charge < -0.3 is 14.8 Å². The molecule has 1 aliphatic heterocycles. The third-order valence-electron chi connectivity index (χ3n) is 5.69. The van der Waals surface area contributed by atoms with E-state index >= 15 is 0 Å². The topological polar surface area (TPSA) is 81.7 Å². The van der Waals surface area contributed by atoms with Gasteiger partial charge in [0.1, 0.15) is 5.92 Å². The zero-order chi connectivity index (χ0) is 22.0. The Morgan fingerprint density at radius 1 is 1.23 bits per heavy atom. The van der Waals surface area contributed by atoms with Gasteiger partial charge in [0.25, 0.3) is 0 Å². The maximum Gasteiger partial charge on any atom is 0.336 e. The van der Waals surface area contributed by atoms with Crippen molar-refractivity contribution in [3.8, 4) is 0 Å². The van der Waals surface area contributed by atoms with Crippen molar-refractivity contribution in [1.82, 2.24) is 5.32 Å². The number of rotatable bonds is 5. The minimum Gasteiger partial charge on any atom is -0.468 e. The average Bonchev–Trinajstić information content (AvgIpc) is 2.72. The van der Waals surface area contributed by atoms with Gasteiger partial charge in [-0.15, -0.1) is 11.8 Å². The molecule has 0 radical (unpaired) electrons. The van der Waals surface area contributed by atoms with Crippen LogP contribution in [0.5, 0.6) is 0 Å². The van der Waals surface area contributed by atoms with Crippen LogP contribution in [0.3, 0.4) is 0 Å². The van der Waals surface area contributed by atoms with Crippen molar-refractivity contribution in [2.75, 3.05) is 20.0 Å². The number of carbonyl (C=O) groups excluding carboxylic acids is 3. The van der Waals surface area contributed by atoms with E-state index in [1.165, 1.54) is 7.11 Å². The highest BCUT2D eigenvalue weighted by Gasteiger charge is 2.47. The molecule has 1 aromatic carbocycles. The molecule has 0 saturated heterocycles. The molecule has 2 aliphatic rings. The van der Waals surface area contributed by atoms with Crippen LogP contribution in [0, 0.1) is 11.8 Å². The molecule has 0 amide bonds. The van der Waals surface area contributed by atoms with E-state index < -0.39 is 23.8 Å². The molecule has 0 fully saturated rings. The van der Waals surface area contributed by atoms with Gasteiger partial charge in [-0.25, -0.2) is 4.79 Å². The second-order valence-electron chi connectivity index (χ2n) is 7.53. The summed E-state index contributed by atoms with van der Waals surface area (Å²) in [4.78, 5) is 39.9. The van der Waals surface area contributed by atoms with Crippen LogP contribution in [0.1, 0.15) is 38.7 Å². The van der Waals surface area contributed by atoms with Crippen LogP contribution in [-0.4, -0.2) is 37.7 Å². The Balaban J connectivity index is 2.17. The number of thioether (sulfide) groups is 1. The van der Waals surface area contributed by atoms with Crippen LogP contribution in [-0.2, 0) is 23.9 Å². The first-order chi connectivity index (χ1) is 14.3. The zero-order valence-electron chi connectivity index (χ0n) is 17.9. The van der Waals surface area contributed by atoms with E-state index in [1.54, 1.807) is 18.7 Å². The Bertz CT molecular complexity index is 931. The second-order valence-corrected chi connectivity index (χ2v) is 8.41. The maximum atomic E-state index is 13.5. The number of hydrogen-bond acceptors (Lipinski definition) is 7. The van der Waals surface area contributed by atoms with Gasteiger partial charge in [-0.2, -0.15) is 0 Å². The summed E-state index contributed by atoms with van der Waals surface area (Å²) in [5.41, 5.74) is 3.10. The lowest BCUT2D eigenvalue weighted by atomic mass is 9.69. The summed E-state index contributed by atoms with van der Waals surface area (Å²) in [5, 5.41) is 3.25. The average molecular weight is 430 g/mol. The summed E-state index contributed by atoms with van der Waals surface area (Å²) in [6, 6.07) is 7.79. The largest absolute Gasteiger partial charge is 0.468 e. The highest BCUT2D eigenvalue weighted by Crippen LogP contribution is 2.45. The number of nitrogens with one attached hydrogen (secondary N) is 1. The Hall–Kier alpha value is -2.54. The van der Waals surface area contributed by atoms with E-state index in [0.717, 1.165) is 16.2 Å². The molecule has 1 aromatic rings. The summed E-state index contributed by atoms with van der Waals surface area (Å²) >= 11 is 1.61. The van der Waals surface area contributed by atoms with Crippen LogP contribution in [0.15, 0.2) is 51.7 Å². The van der Waals surface area contributed by atoms with Gasteiger partial charge in [-0.3, -0.25) is 9.59 Å². The van der Waals surface area contributed by atoms with Crippen molar-refractivity contribution in [1.29, 1.82) is 0 Å². The summed E-state index contributed by atoms with van der Waals surface area (Å²) in [5.74, 6) is -2.98. The molecule has 0 spiro atoms. The van der Waals surface area contributed by atoms with Crippen molar-refractivity contribution >= 4 is 29.5 Å². The Kier molecular flexibility index (Phi) is 6.71. The van der Waals surface area contributed by atoms with Crippen molar-refractivity contribution in [3.63, 3.8) is 0 Å². The molecule has 0 unspecified atom stereocenters. The Labute approximate surface area is 181 Å². The summed E-state index contributed by atoms with van der Waals surface area (Å²) in [6.45, 7) is 5.67. The monoisotopic (exact) mass is 429 g/mol. The third kappa shape index (κ3) is 3.90. The van der Waals surface area contributed by atoms with Gasteiger partial charge in [0.15, 0.2) is 5.78 Å². The highest BCUT2D eigenvalue weighted by atomic mass is 32.2. The van der Waals surface area contributed by atoms with Crippen LogP contribution < -0.4 is 5.32 Å². The third-order valence-corrected chi connectivity index (χ3v) is 6.43. The molecule has 6 nitrogen and oxygen atoms in total. The molecular formula is C23H27NO5S. The number of dihydropyridines is 1. The van der Waals surface area contributed by atoms with E-state index in [4.69, 9.17) is 9.47 Å². The minimum atomic E-state index is -0.884. The van der Waals surface area contributed by atoms with Gasteiger partial charge >= 0.3 is 11.9 Å². The van der Waals surface area contributed by atoms with Crippen LogP contribution in [0.4, 0.5) is 0 Å². The molecule has 0 bridgehead atoms. The first-order valence-corrected chi connectivity index (χ1v) is 11.2. The van der Waals surface area contributed by atoms with E-state index in [2.05, 4.69) is 5.32 Å². The molecule has 30 heavy (non-hydrogen) atoms. The van der Waals surface area contributed by atoms with Gasteiger partial charge in [-0.05, 0) is 50.1 Å². The summed E-state index contributed by atoms with van der Waals surface area (Å²) in [6.07, 6.45) is 2.51. The lowest BCUT2D eigenvalue weighted by molar-refractivity contribution is -0.151. The predicted molar refractivity (Wildman–Crippen MR) is 115 cm³/mol. The molecule has 1 heterocycles. The van der Waals surface area contributed by atoms with E-state index in [0.29, 0.717) is 23.3 Å². The molecule has 1 aliphatic carbocycles. The molecular weight excluding hydrogens is 402 g/mol. The first kappa shape index (κ1) is 22.2. The normalized spacial score (nSPS) is 23.6. The maximum absolute atomic E-state index is 13.5. The fraction of sp³-hybridized carbons (Fsp3) is 0.435. The number of ketones is 1. The predicted octanol–water partition coefficient (Wildman–Crippen LogP) is 3.58. The highest BCUT2D eigenvalue weighted by molar-refractivity contribution is 7.98. The molecule has 0 aromatic heterocycles. The van der Waals surface area contributed by atoms with Crippen molar-refractivity contribution in [3.05, 3.63) is 52.4 Å². The number of carbonyl (C=O) groups is 3. The van der Waals surface area contributed by atoms with Crippen molar-refractivity contribution in [2.45, 2.75) is 38.0 Å². The first-order valence-electron chi connectivity index (χ1n) is 9.97. The quantitative estimate of drug-likeness (QED) is 0.435. The number of benzene rings is 1.